The molecule has 4 heteroatoms. The predicted octanol–water partition coefficient (Wildman–Crippen LogP) is 1.68. The van der Waals surface area contributed by atoms with Crippen molar-refractivity contribution in [2.75, 3.05) is 18.5 Å². The second kappa shape index (κ2) is 4.18. The van der Waals surface area contributed by atoms with Crippen LogP contribution >= 0.6 is 0 Å². The van der Waals surface area contributed by atoms with E-state index in [1.54, 1.807) is 0 Å². The summed E-state index contributed by atoms with van der Waals surface area (Å²) in [6, 6.07) is 2.40. The molecule has 0 radical (unpaired) electrons. The second-order valence-electron chi connectivity index (χ2n) is 2.72. The van der Waals surface area contributed by atoms with Crippen LogP contribution in [0.1, 0.15) is 5.56 Å². The van der Waals surface area contributed by atoms with Gasteiger partial charge in [0.15, 0.2) is 0 Å². The molecule has 0 aliphatic carbocycles. The number of aliphatic hydroxyl groups is 1. The van der Waals surface area contributed by atoms with E-state index in [1.807, 2.05) is 0 Å². The Morgan fingerprint density at radius 1 is 1.31 bits per heavy atom. The summed E-state index contributed by atoms with van der Waals surface area (Å²) in [5.74, 6) is -1.17. The van der Waals surface area contributed by atoms with Gasteiger partial charge in [0.1, 0.15) is 11.6 Å². The van der Waals surface area contributed by atoms with Crippen molar-refractivity contribution in [1.29, 1.82) is 0 Å². The van der Waals surface area contributed by atoms with Crippen molar-refractivity contribution in [2.45, 2.75) is 6.92 Å². The van der Waals surface area contributed by atoms with Crippen LogP contribution < -0.4 is 5.32 Å². The monoisotopic (exact) mass is 187 g/mol. The molecule has 0 fully saturated rings. The lowest BCUT2D eigenvalue weighted by Crippen LogP contribution is -2.06. The Bertz CT molecular complexity index is 279. The van der Waals surface area contributed by atoms with Gasteiger partial charge in [0, 0.05) is 17.8 Å². The zero-order valence-corrected chi connectivity index (χ0v) is 7.27. The Labute approximate surface area is 75.2 Å². The highest BCUT2D eigenvalue weighted by atomic mass is 19.1. The molecular weight excluding hydrogens is 176 g/mol. The van der Waals surface area contributed by atoms with Crippen LogP contribution in [0.3, 0.4) is 0 Å². The van der Waals surface area contributed by atoms with E-state index in [2.05, 4.69) is 5.32 Å². The average Bonchev–Trinajstić information content (AvgIpc) is 2.10. The third-order valence-electron chi connectivity index (χ3n) is 1.72. The van der Waals surface area contributed by atoms with E-state index >= 15 is 0 Å². The maximum atomic E-state index is 12.9. The SMILES string of the molecule is Cc1c(F)cc(NCCO)cc1F. The van der Waals surface area contributed by atoms with Crippen molar-refractivity contribution in [1.82, 2.24) is 0 Å². The van der Waals surface area contributed by atoms with E-state index in [1.165, 1.54) is 19.1 Å². The number of nitrogens with one attached hydrogen (secondary N) is 1. The number of hydrogen-bond acceptors (Lipinski definition) is 2. The molecule has 0 heterocycles. The Hall–Kier alpha value is -1.16. The molecule has 0 amide bonds. The van der Waals surface area contributed by atoms with Crippen LogP contribution in [0, 0.1) is 18.6 Å². The first-order valence-corrected chi connectivity index (χ1v) is 3.95. The molecule has 2 nitrogen and oxygen atoms in total. The maximum absolute atomic E-state index is 12.9. The zero-order chi connectivity index (χ0) is 9.84. The van der Waals surface area contributed by atoms with Crippen LogP contribution in [0.5, 0.6) is 0 Å². The molecule has 1 aromatic carbocycles. The van der Waals surface area contributed by atoms with Crippen LogP contribution in [-0.2, 0) is 0 Å². The first-order valence-electron chi connectivity index (χ1n) is 3.95. The minimum absolute atomic E-state index is 0.00884. The molecule has 0 spiro atoms. The molecule has 0 saturated carbocycles. The number of halogens is 2. The summed E-state index contributed by atoms with van der Waals surface area (Å²) in [6.07, 6.45) is 0. The van der Waals surface area contributed by atoms with Gasteiger partial charge in [-0.1, -0.05) is 0 Å². The number of hydrogen-bond donors (Lipinski definition) is 2. The third kappa shape index (κ3) is 2.39. The molecule has 1 aromatic rings. The van der Waals surface area contributed by atoms with Gasteiger partial charge in [-0.3, -0.25) is 0 Å². The van der Waals surface area contributed by atoms with Crippen LogP contribution in [0.15, 0.2) is 12.1 Å². The van der Waals surface area contributed by atoms with Crippen LogP contribution in [-0.4, -0.2) is 18.3 Å². The molecule has 1 rings (SSSR count). The van der Waals surface area contributed by atoms with Gasteiger partial charge in [0.25, 0.3) is 0 Å². The van der Waals surface area contributed by atoms with Gasteiger partial charge in [0.05, 0.1) is 6.61 Å². The number of benzene rings is 1. The number of anilines is 1. The van der Waals surface area contributed by atoms with Gasteiger partial charge in [0.2, 0.25) is 0 Å². The molecule has 0 saturated heterocycles. The fourth-order valence-electron chi connectivity index (χ4n) is 0.948. The topological polar surface area (TPSA) is 32.3 Å². The van der Waals surface area contributed by atoms with Crippen LogP contribution in [0.2, 0.25) is 0 Å². The van der Waals surface area contributed by atoms with E-state index in [0.29, 0.717) is 5.69 Å². The molecular formula is C9H11F2NO. The molecule has 0 aliphatic heterocycles. The molecule has 72 valence electrons. The summed E-state index contributed by atoms with van der Waals surface area (Å²) in [4.78, 5) is 0. The van der Waals surface area contributed by atoms with E-state index in [4.69, 9.17) is 5.11 Å². The van der Waals surface area contributed by atoms with Crippen LogP contribution in [0.25, 0.3) is 0 Å². The smallest absolute Gasteiger partial charge is 0.131 e. The highest BCUT2D eigenvalue weighted by Crippen LogP contribution is 2.17. The normalized spacial score (nSPS) is 10.2. The quantitative estimate of drug-likeness (QED) is 0.754. The summed E-state index contributed by atoms with van der Waals surface area (Å²) in [5, 5.41) is 11.1. The maximum Gasteiger partial charge on any atom is 0.131 e. The molecule has 2 N–H and O–H groups in total. The van der Waals surface area contributed by atoms with Crippen molar-refractivity contribution in [3.05, 3.63) is 29.3 Å². The Morgan fingerprint density at radius 3 is 2.31 bits per heavy atom. The largest absolute Gasteiger partial charge is 0.395 e. The molecule has 0 aliphatic rings. The lowest BCUT2D eigenvalue weighted by Gasteiger charge is -2.06. The first kappa shape index (κ1) is 9.92. The molecule has 0 aromatic heterocycles. The third-order valence-corrected chi connectivity index (χ3v) is 1.72. The van der Waals surface area contributed by atoms with Gasteiger partial charge in [-0.2, -0.15) is 0 Å². The highest BCUT2D eigenvalue weighted by molar-refractivity contribution is 5.45. The lowest BCUT2D eigenvalue weighted by molar-refractivity contribution is 0.311. The Morgan fingerprint density at radius 2 is 1.85 bits per heavy atom. The van der Waals surface area contributed by atoms with Crippen molar-refractivity contribution in [3.63, 3.8) is 0 Å². The Balaban J connectivity index is 2.86. The van der Waals surface area contributed by atoms with Crippen molar-refractivity contribution < 1.29 is 13.9 Å². The predicted molar refractivity (Wildman–Crippen MR) is 46.7 cm³/mol. The minimum Gasteiger partial charge on any atom is -0.395 e. The second-order valence-corrected chi connectivity index (χ2v) is 2.72. The van der Waals surface area contributed by atoms with Gasteiger partial charge in [-0.15, -0.1) is 0 Å². The van der Waals surface area contributed by atoms with Gasteiger partial charge in [-0.05, 0) is 19.1 Å². The van der Waals surface area contributed by atoms with E-state index in [-0.39, 0.29) is 18.7 Å². The summed E-state index contributed by atoms with van der Waals surface area (Å²) in [7, 11) is 0. The van der Waals surface area contributed by atoms with Gasteiger partial charge >= 0.3 is 0 Å². The summed E-state index contributed by atoms with van der Waals surface area (Å²) in [6.45, 7) is 1.58. The molecule has 13 heavy (non-hydrogen) atoms. The molecule has 0 bridgehead atoms. The number of rotatable bonds is 3. The minimum atomic E-state index is -0.583. The van der Waals surface area contributed by atoms with E-state index in [0.717, 1.165) is 0 Å². The summed E-state index contributed by atoms with van der Waals surface area (Å²) >= 11 is 0. The number of aliphatic hydroxyl groups excluding tert-OH is 1. The van der Waals surface area contributed by atoms with Gasteiger partial charge < -0.3 is 10.4 Å². The fraction of sp³-hybridized carbons (Fsp3) is 0.333. The first-order chi connectivity index (χ1) is 6.15. The highest BCUT2D eigenvalue weighted by Gasteiger charge is 2.05. The zero-order valence-electron chi connectivity index (χ0n) is 7.27. The van der Waals surface area contributed by atoms with E-state index in [9.17, 15) is 8.78 Å². The van der Waals surface area contributed by atoms with Crippen molar-refractivity contribution >= 4 is 5.69 Å². The summed E-state index contributed by atoms with van der Waals surface area (Å²) in [5.41, 5.74) is 0.351. The van der Waals surface area contributed by atoms with Crippen molar-refractivity contribution in [3.8, 4) is 0 Å². The average molecular weight is 187 g/mol. The molecule has 0 unspecified atom stereocenters. The standard InChI is InChI=1S/C9H11F2NO/c1-6-8(10)4-7(5-9(6)11)12-2-3-13/h4-5,12-13H,2-3H2,1H3. The van der Waals surface area contributed by atoms with Gasteiger partial charge in [-0.25, -0.2) is 8.78 Å². The molecule has 0 atom stereocenters. The van der Waals surface area contributed by atoms with Crippen molar-refractivity contribution in [2.24, 2.45) is 0 Å². The fourth-order valence-corrected chi connectivity index (χ4v) is 0.948. The van der Waals surface area contributed by atoms with Crippen LogP contribution in [0.4, 0.5) is 14.5 Å². The lowest BCUT2D eigenvalue weighted by atomic mass is 10.2. The summed E-state index contributed by atoms with van der Waals surface area (Å²) < 4.78 is 25.8. The Kier molecular flexibility index (Phi) is 3.19. The van der Waals surface area contributed by atoms with E-state index < -0.39 is 11.6 Å².